The van der Waals surface area contributed by atoms with Crippen molar-refractivity contribution in [3.05, 3.63) is 0 Å². The lowest BCUT2D eigenvalue weighted by molar-refractivity contribution is -0.133. The number of hydrogen-bond acceptors (Lipinski definition) is 3. The fourth-order valence-corrected chi connectivity index (χ4v) is 2.47. The summed E-state index contributed by atoms with van der Waals surface area (Å²) in [4.78, 5) is 16.1. The highest BCUT2D eigenvalue weighted by molar-refractivity contribution is 5.85. The summed E-state index contributed by atoms with van der Waals surface area (Å²) < 4.78 is 0. The lowest BCUT2D eigenvalue weighted by Gasteiger charge is -2.35. The van der Waals surface area contributed by atoms with E-state index in [-0.39, 0.29) is 36.8 Å². The van der Waals surface area contributed by atoms with E-state index in [4.69, 9.17) is 5.73 Å². The van der Waals surface area contributed by atoms with Gasteiger partial charge in [-0.05, 0) is 38.8 Å². The number of nitrogens with two attached hydrogens (primary N) is 1. The first-order chi connectivity index (χ1) is 8.08. The largest absolute Gasteiger partial charge is 0.341 e. The number of piperidine rings is 1. The van der Waals surface area contributed by atoms with Crippen molar-refractivity contribution in [3.63, 3.8) is 0 Å². The molecule has 0 spiro atoms. The molecule has 116 valence electrons. The van der Waals surface area contributed by atoms with Gasteiger partial charge in [-0.2, -0.15) is 0 Å². The van der Waals surface area contributed by atoms with Gasteiger partial charge in [0, 0.05) is 19.6 Å². The predicted molar refractivity (Wildman–Crippen MR) is 85.2 cm³/mol. The zero-order chi connectivity index (χ0) is 12.8. The normalized spacial score (nSPS) is 17.6. The molecule has 0 aromatic carbocycles. The van der Waals surface area contributed by atoms with E-state index in [1.165, 1.54) is 6.54 Å². The Labute approximate surface area is 129 Å². The lowest BCUT2D eigenvalue weighted by Crippen LogP contribution is -2.47. The Balaban J connectivity index is 0. The van der Waals surface area contributed by atoms with Gasteiger partial charge in [0.25, 0.3) is 0 Å². The van der Waals surface area contributed by atoms with Crippen LogP contribution in [-0.4, -0.2) is 54.5 Å². The van der Waals surface area contributed by atoms with Gasteiger partial charge < -0.3 is 15.5 Å². The third-order valence-electron chi connectivity index (χ3n) is 3.73. The maximum atomic E-state index is 11.7. The van der Waals surface area contributed by atoms with E-state index >= 15 is 0 Å². The molecule has 1 aliphatic rings. The third kappa shape index (κ3) is 6.80. The number of amides is 1. The minimum absolute atomic E-state index is 0. The van der Waals surface area contributed by atoms with Crippen LogP contribution in [0.3, 0.4) is 0 Å². The molecule has 0 radical (unpaired) electrons. The second kappa shape index (κ2) is 10.7. The van der Waals surface area contributed by atoms with Gasteiger partial charge in [0.05, 0.1) is 6.04 Å². The molecule has 0 saturated carbocycles. The molecule has 1 rings (SSSR count). The molecular weight excluding hydrogens is 285 g/mol. The third-order valence-corrected chi connectivity index (χ3v) is 3.73. The Bertz CT molecular complexity index is 240. The average Bonchev–Trinajstić information content (AvgIpc) is 2.35. The standard InChI is InChI=1S/C13H27N3O.2ClH/c1-4-15(5-2)10-12-6-8-16(9-7-12)13(17)11(3)14;;/h11-12H,4-10,14H2,1-3H3;2*1H/t11-;;/m0../s1. The zero-order valence-corrected chi connectivity index (χ0v) is 13.9. The number of hydrogen-bond donors (Lipinski definition) is 1. The molecule has 19 heavy (non-hydrogen) atoms. The molecule has 0 aliphatic carbocycles. The van der Waals surface area contributed by atoms with Crippen molar-refractivity contribution >= 4 is 30.7 Å². The van der Waals surface area contributed by atoms with Crippen LogP contribution in [0.1, 0.15) is 33.6 Å². The summed E-state index contributed by atoms with van der Waals surface area (Å²) in [6.45, 7) is 11.4. The number of carbonyl (C=O) groups excluding carboxylic acids is 1. The first-order valence-electron chi connectivity index (χ1n) is 6.85. The highest BCUT2D eigenvalue weighted by Gasteiger charge is 2.25. The summed E-state index contributed by atoms with van der Waals surface area (Å²) in [5, 5.41) is 0. The SMILES string of the molecule is CCN(CC)CC1CCN(C(=O)[C@H](C)N)CC1.Cl.Cl. The highest BCUT2D eigenvalue weighted by atomic mass is 35.5. The van der Waals surface area contributed by atoms with Crippen LogP contribution in [0.4, 0.5) is 0 Å². The van der Waals surface area contributed by atoms with Gasteiger partial charge in [0.1, 0.15) is 0 Å². The molecule has 2 N–H and O–H groups in total. The molecule has 0 aromatic heterocycles. The van der Waals surface area contributed by atoms with E-state index in [2.05, 4.69) is 18.7 Å². The number of nitrogens with zero attached hydrogens (tertiary/aromatic N) is 2. The topological polar surface area (TPSA) is 49.6 Å². The Morgan fingerprint density at radius 2 is 1.74 bits per heavy atom. The minimum Gasteiger partial charge on any atom is -0.341 e. The van der Waals surface area contributed by atoms with Crippen LogP contribution in [0.25, 0.3) is 0 Å². The van der Waals surface area contributed by atoms with Crippen LogP contribution in [0, 0.1) is 5.92 Å². The summed E-state index contributed by atoms with van der Waals surface area (Å²) in [6.07, 6.45) is 2.24. The molecule has 1 aliphatic heterocycles. The van der Waals surface area contributed by atoms with Crippen molar-refractivity contribution in [2.24, 2.45) is 11.7 Å². The van der Waals surface area contributed by atoms with Crippen molar-refractivity contribution in [2.75, 3.05) is 32.7 Å². The quantitative estimate of drug-likeness (QED) is 0.841. The van der Waals surface area contributed by atoms with E-state index in [9.17, 15) is 4.79 Å². The van der Waals surface area contributed by atoms with Gasteiger partial charge >= 0.3 is 0 Å². The molecule has 6 heteroatoms. The zero-order valence-electron chi connectivity index (χ0n) is 12.3. The summed E-state index contributed by atoms with van der Waals surface area (Å²) >= 11 is 0. The van der Waals surface area contributed by atoms with Gasteiger partial charge in [0.15, 0.2) is 0 Å². The summed E-state index contributed by atoms with van der Waals surface area (Å²) in [7, 11) is 0. The van der Waals surface area contributed by atoms with E-state index in [1.807, 2.05) is 4.90 Å². The first kappa shape index (κ1) is 21.3. The highest BCUT2D eigenvalue weighted by Crippen LogP contribution is 2.18. The molecule has 1 saturated heterocycles. The van der Waals surface area contributed by atoms with E-state index < -0.39 is 0 Å². The molecule has 0 unspecified atom stereocenters. The predicted octanol–water partition coefficient (Wildman–Crippen LogP) is 1.76. The van der Waals surface area contributed by atoms with Crippen LogP contribution in [0.2, 0.25) is 0 Å². The Morgan fingerprint density at radius 3 is 2.11 bits per heavy atom. The fraction of sp³-hybridized carbons (Fsp3) is 0.923. The molecule has 1 heterocycles. The van der Waals surface area contributed by atoms with Crippen molar-refractivity contribution < 1.29 is 4.79 Å². The van der Waals surface area contributed by atoms with E-state index in [1.54, 1.807) is 6.92 Å². The fourth-order valence-electron chi connectivity index (χ4n) is 2.47. The van der Waals surface area contributed by atoms with Crippen LogP contribution in [-0.2, 0) is 4.79 Å². The first-order valence-corrected chi connectivity index (χ1v) is 6.85. The summed E-state index contributed by atoms with van der Waals surface area (Å²) in [5.41, 5.74) is 5.63. The van der Waals surface area contributed by atoms with Gasteiger partial charge in [0.2, 0.25) is 5.91 Å². The molecule has 1 atom stereocenters. The second-order valence-electron chi connectivity index (χ2n) is 5.04. The number of likely N-dealkylation sites (tertiary alicyclic amines) is 1. The Morgan fingerprint density at radius 1 is 1.26 bits per heavy atom. The van der Waals surface area contributed by atoms with Crippen molar-refractivity contribution in [1.82, 2.24) is 9.80 Å². The summed E-state index contributed by atoms with van der Waals surface area (Å²) in [5.74, 6) is 0.846. The van der Waals surface area contributed by atoms with Crippen molar-refractivity contribution in [2.45, 2.75) is 39.7 Å². The molecular formula is C13H29Cl2N3O. The Hall–Kier alpha value is -0.0300. The van der Waals surface area contributed by atoms with Crippen molar-refractivity contribution in [1.29, 1.82) is 0 Å². The van der Waals surface area contributed by atoms with Gasteiger partial charge in [-0.1, -0.05) is 13.8 Å². The monoisotopic (exact) mass is 313 g/mol. The number of halogens is 2. The molecule has 1 amide bonds. The van der Waals surface area contributed by atoms with Crippen molar-refractivity contribution in [3.8, 4) is 0 Å². The molecule has 0 bridgehead atoms. The van der Waals surface area contributed by atoms with E-state index in [0.29, 0.717) is 0 Å². The smallest absolute Gasteiger partial charge is 0.239 e. The average molecular weight is 314 g/mol. The Kier molecular flexibility index (Phi) is 12.0. The van der Waals surface area contributed by atoms with Gasteiger partial charge in [-0.15, -0.1) is 24.8 Å². The van der Waals surface area contributed by atoms with Gasteiger partial charge in [-0.3, -0.25) is 4.79 Å². The van der Waals surface area contributed by atoms with Crippen LogP contribution in [0.15, 0.2) is 0 Å². The molecule has 1 fully saturated rings. The summed E-state index contributed by atoms with van der Waals surface area (Å²) in [6, 6.07) is -0.352. The van der Waals surface area contributed by atoms with Crippen LogP contribution in [0.5, 0.6) is 0 Å². The minimum atomic E-state index is -0.352. The maximum Gasteiger partial charge on any atom is 0.239 e. The maximum absolute atomic E-state index is 11.7. The molecule has 4 nitrogen and oxygen atoms in total. The molecule has 0 aromatic rings. The number of carbonyl (C=O) groups is 1. The second-order valence-corrected chi connectivity index (χ2v) is 5.04. The van der Waals surface area contributed by atoms with Crippen LogP contribution >= 0.6 is 24.8 Å². The number of rotatable bonds is 5. The van der Waals surface area contributed by atoms with Crippen LogP contribution < -0.4 is 5.73 Å². The van der Waals surface area contributed by atoms with Gasteiger partial charge in [-0.25, -0.2) is 0 Å². The van der Waals surface area contributed by atoms with E-state index in [0.717, 1.165) is 44.9 Å². The lowest BCUT2D eigenvalue weighted by atomic mass is 9.95.